The van der Waals surface area contributed by atoms with Crippen LogP contribution >= 0.6 is 11.8 Å². The van der Waals surface area contributed by atoms with E-state index >= 15 is 0 Å². The van der Waals surface area contributed by atoms with Crippen LogP contribution in [0.25, 0.3) is 0 Å². The van der Waals surface area contributed by atoms with Crippen molar-refractivity contribution in [2.24, 2.45) is 0 Å². The molecule has 158 valence electrons. The van der Waals surface area contributed by atoms with Crippen LogP contribution in [0.15, 0.2) is 36.4 Å². The van der Waals surface area contributed by atoms with E-state index in [9.17, 15) is 18.4 Å². The number of methoxy groups -OCH3 is 2. The molecule has 0 aromatic heterocycles. The number of benzene rings is 2. The molecule has 2 aromatic rings. The summed E-state index contributed by atoms with van der Waals surface area (Å²) in [6.45, 7) is 0.302. The third-order valence-electron chi connectivity index (χ3n) is 5.29. The van der Waals surface area contributed by atoms with Crippen molar-refractivity contribution in [3.05, 3.63) is 59.2 Å². The molecule has 30 heavy (non-hydrogen) atoms. The number of ether oxygens (including phenoxy) is 2. The first kappa shape index (κ1) is 20.6. The monoisotopic (exact) mass is 434 g/mol. The number of carbonyl (C=O) groups excluding carboxylic acids is 2. The molecular formula is C21H20F2N2O4S. The molecule has 2 amide bonds. The van der Waals surface area contributed by atoms with Gasteiger partial charge in [0, 0.05) is 25.0 Å². The average molecular weight is 434 g/mol. The summed E-state index contributed by atoms with van der Waals surface area (Å²) in [5.74, 6) is -1.38. The fourth-order valence-electron chi connectivity index (χ4n) is 3.96. The molecular weight excluding hydrogens is 414 g/mol. The van der Waals surface area contributed by atoms with Crippen LogP contribution in [0, 0.1) is 11.6 Å². The van der Waals surface area contributed by atoms with Crippen LogP contribution in [0.2, 0.25) is 0 Å². The summed E-state index contributed by atoms with van der Waals surface area (Å²) in [6, 6.07) is 8.78. The Balaban J connectivity index is 1.80. The highest BCUT2D eigenvalue weighted by atomic mass is 32.2. The van der Waals surface area contributed by atoms with Crippen LogP contribution in [-0.4, -0.2) is 49.8 Å². The summed E-state index contributed by atoms with van der Waals surface area (Å²) >= 11 is 1.37. The normalized spacial score (nSPS) is 20.2. The van der Waals surface area contributed by atoms with Crippen molar-refractivity contribution in [1.29, 1.82) is 0 Å². The molecule has 0 aliphatic carbocycles. The zero-order valence-corrected chi connectivity index (χ0v) is 17.3. The molecule has 1 saturated heterocycles. The van der Waals surface area contributed by atoms with Crippen LogP contribution in [0.1, 0.15) is 11.1 Å². The summed E-state index contributed by atoms with van der Waals surface area (Å²) in [4.78, 5) is 28.3. The number of nitrogens with zero attached hydrogens (tertiary/aromatic N) is 2. The second-order valence-corrected chi connectivity index (χ2v) is 8.28. The Morgan fingerprint density at radius 3 is 2.67 bits per heavy atom. The van der Waals surface area contributed by atoms with Gasteiger partial charge in [0.05, 0.1) is 19.3 Å². The lowest BCUT2D eigenvalue weighted by molar-refractivity contribution is -0.143. The van der Waals surface area contributed by atoms with Crippen molar-refractivity contribution in [2.45, 2.75) is 11.4 Å². The van der Waals surface area contributed by atoms with Crippen LogP contribution < -0.4 is 9.64 Å². The highest BCUT2D eigenvalue weighted by Crippen LogP contribution is 2.55. The van der Waals surface area contributed by atoms with Crippen LogP contribution in [0.4, 0.5) is 14.5 Å². The minimum atomic E-state index is -1.24. The summed E-state index contributed by atoms with van der Waals surface area (Å²) in [5, 5.41) is 0. The largest absolute Gasteiger partial charge is 0.497 e. The van der Waals surface area contributed by atoms with Gasteiger partial charge in [-0.1, -0.05) is 6.07 Å². The molecule has 2 aliphatic rings. The molecule has 2 aliphatic heterocycles. The number of hydrogen-bond donors (Lipinski definition) is 0. The van der Waals surface area contributed by atoms with Gasteiger partial charge in [0.25, 0.3) is 5.91 Å². The second-order valence-electron chi connectivity index (χ2n) is 6.99. The molecule has 2 aromatic carbocycles. The van der Waals surface area contributed by atoms with Crippen LogP contribution in [0.3, 0.4) is 0 Å². The Morgan fingerprint density at radius 1 is 1.17 bits per heavy atom. The van der Waals surface area contributed by atoms with Gasteiger partial charge in [-0.2, -0.15) is 0 Å². The highest BCUT2D eigenvalue weighted by Gasteiger charge is 2.59. The van der Waals surface area contributed by atoms with E-state index < -0.39 is 16.5 Å². The maximum Gasteiger partial charge on any atom is 0.268 e. The highest BCUT2D eigenvalue weighted by molar-refractivity contribution is 8.01. The van der Waals surface area contributed by atoms with E-state index in [1.165, 1.54) is 41.8 Å². The Morgan fingerprint density at radius 2 is 1.97 bits per heavy atom. The summed E-state index contributed by atoms with van der Waals surface area (Å²) in [5.41, 5.74) is 1.69. The van der Waals surface area contributed by atoms with Gasteiger partial charge in [0.2, 0.25) is 5.91 Å². The molecule has 0 saturated carbocycles. The molecule has 0 N–H and O–H groups in total. The molecule has 4 rings (SSSR count). The molecule has 0 radical (unpaired) electrons. The molecule has 1 spiro atoms. The van der Waals surface area contributed by atoms with E-state index in [1.807, 2.05) is 0 Å². The first-order valence-electron chi connectivity index (χ1n) is 9.30. The predicted octanol–water partition coefficient (Wildman–Crippen LogP) is 2.89. The number of amides is 2. The number of halogens is 2. The second kappa shape index (κ2) is 7.88. The van der Waals surface area contributed by atoms with E-state index in [1.54, 1.807) is 18.2 Å². The molecule has 1 fully saturated rings. The van der Waals surface area contributed by atoms with E-state index in [-0.39, 0.29) is 25.0 Å². The summed E-state index contributed by atoms with van der Waals surface area (Å²) < 4.78 is 37.4. The molecule has 0 unspecified atom stereocenters. The van der Waals surface area contributed by atoms with Gasteiger partial charge in [-0.25, -0.2) is 8.78 Å². The van der Waals surface area contributed by atoms with Crippen molar-refractivity contribution < 1.29 is 27.8 Å². The minimum absolute atomic E-state index is 0.0456. The number of thioether (sulfide) groups is 1. The standard InChI is InChI=1S/C21H20F2N2O4S/c1-28-12-19(26)25-7-8-30-21(25)15-10-14(29-2)4-6-18(15)24(20(21)27)11-13-3-5-16(22)17(23)9-13/h3-6,9-10H,7-8,11-12H2,1-2H3/t21-/m1/s1. The SMILES string of the molecule is COCC(=O)N1CCS[C@]12C(=O)N(Cc1ccc(F)c(F)c1)c1ccc(OC)cc12. The third kappa shape index (κ3) is 3.13. The third-order valence-corrected chi connectivity index (χ3v) is 6.71. The maximum atomic E-state index is 13.7. The van der Waals surface area contributed by atoms with Gasteiger partial charge in [0.1, 0.15) is 12.4 Å². The van der Waals surface area contributed by atoms with E-state index in [2.05, 4.69) is 0 Å². The fraction of sp³-hybridized carbons (Fsp3) is 0.333. The Labute approximate surface area is 176 Å². The Hall–Kier alpha value is -2.65. The number of anilines is 1. The van der Waals surface area contributed by atoms with E-state index in [0.717, 1.165) is 12.1 Å². The molecule has 6 nitrogen and oxygen atoms in total. The zero-order valence-electron chi connectivity index (χ0n) is 16.5. The lowest BCUT2D eigenvalue weighted by Crippen LogP contribution is -2.51. The Bertz CT molecular complexity index is 1020. The minimum Gasteiger partial charge on any atom is -0.497 e. The first-order valence-corrected chi connectivity index (χ1v) is 10.3. The average Bonchev–Trinajstić information content (AvgIpc) is 3.28. The smallest absolute Gasteiger partial charge is 0.268 e. The Kier molecular flexibility index (Phi) is 5.42. The zero-order chi connectivity index (χ0) is 21.5. The number of carbonyl (C=O) groups is 2. The topological polar surface area (TPSA) is 59.1 Å². The molecule has 0 bridgehead atoms. The predicted molar refractivity (Wildman–Crippen MR) is 108 cm³/mol. The van der Waals surface area contributed by atoms with Gasteiger partial charge < -0.3 is 19.3 Å². The quantitative estimate of drug-likeness (QED) is 0.724. The van der Waals surface area contributed by atoms with Gasteiger partial charge in [0.15, 0.2) is 16.5 Å². The van der Waals surface area contributed by atoms with Gasteiger partial charge in [-0.05, 0) is 35.9 Å². The number of fused-ring (bicyclic) bond motifs is 2. The van der Waals surface area contributed by atoms with E-state index in [4.69, 9.17) is 9.47 Å². The van der Waals surface area contributed by atoms with Crippen molar-refractivity contribution >= 4 is 29.3 Å². The summed E-state index contributed by atoms with van der Waals surface area (Å²) in [7, 11) is 2.95. The summed E-state index contributed by atoms with van der Waals surface area (Å²) in [6.07, 6.45) is 0. The first-order chi connectivity index (χ1) is 14.4. The maximum absolute atomic E-state index is 13.7. The van der Waals surface area contributed by atoms with Crippen LogP contribution in [0.5, 0.6) is 5.75 Å². The molecule has 9 heteroatoms. The van der Waals surface area contributed by atoms with Crippen LogP contribution in [-0.2, 0) is 25.7 Å². The van der Waals surface area contributed by atoms with Gasteiger partial charge >= 0.3 is 0 Å². The number of hydrogen-bond acceptors (Lipinski definition) is 5. The van der Waals surface area contributed by atoms with E-state index in [0.29, 0.717) is 34.9 Å². The number of rotatable bonds is 5. The molecule has 2 heterocycles. The lowest BCUT2D eigenvalue weighted by Gasteiger charge is -2.33. The van der Waals surface area contributed by atoms with Crippen molar-refractivity contribution in [3.63, 3.8) is 0 Å². The van der Waals surface area contributed by atoms with Gasteiger partial charge in [-0.3, -0.25) is 9.59 Å². The van der Waals surface area contributed by atoms with Gasteiger partial charge in [-0.15, -0.1) is 11.8 Å². The molecule has 1 atom stereocenters. The lowest BCUT2D eigenvalue weighted by atomic mass is 10.1. The fourth-order valence-corrected chi connectivity index (χ4v) is 5.43. The van der Waals surface area contributed by atoms with Crippen molar-refractivity contribution in [2.75, 3.05) is 38.0 Å². The van der Waals surface area contributed by atoms with Crippen molar-refractivity contribution in [3.8, 4) is 5.75 Å². The van der Waals surface area contributed by atoms with Crippen molar-refractivity contribution in [1.82, 2.24) is 4.90 Å².